The number of nitrogens with two attached hydrogens (primary N) is 1. The number of rotatable bonds is 4. The second kappa shape index (κ2) is 10.9. The summed E-state index contributed by atoms with van der Waals surface area (Å²) >= 11 is 0. The van der Waals surface area contributed by atoms with Crippen LogP contribution in [-0.4, -0.2) is 43.5 Å². The van der Waals surface area contributed by atoms with Gasteiger partial charge in [0, 0.05) is 6.61 Å². The zero-order valence-electron chi connectivity index (χ0n) is 15.7. The van der Waals surface area contributed by atoms with E-state index in [2.05, 4.69) is 0 Å². The van der Waals surface area contributed by atoms with E-state index in [1.54, 1.807) is 6.92 Å². The van der Waals surface area contributed by atoms with E-state index < -0.39 is 30.3 Å². The molecule has 28 heavy (non-hydrogen) atoms. The standard InChI is InChI=1S/C21H25NO5.ClH/c1-15-20(27-17-10-6-3-7-11-17)19(26-16-8-4-2-5-9-16)14-24-13-12-18(22)21(23)25-15;/h2-11,15,18-20H,12-14,22H2,1H3;1H/t15-,18-,19-,20-;/m0./s1. The number of carbonyl (C=O) groups is 1. The number of esters is 1. The van der Waals surface area contributed by atoms with E-state index in [1.165, 1.54) is 0 Å². The lowest BCUT2D eigenvalue weighted by atomic mass is 10.1. The van der Waals surface area contributed by atoms with Crippen LogP contribution in [0, 0.1) is 0 Å². The van der Waals surface area contributed by atoms with E-state index >= 15 is 0 Å². The summed E-state index contributed by atoms with van der Waals surface area (Å²) < 4.78 is 23.6. The van der Waals surface area contributed by atoms with E-state index in [-0.39, 0.29) is 12.4 Å². The van der Waals surface area contributed by atoms with E-state index in [9.17, 15) is 4.79 Å². The first-order valence-corrected chi connectivity index (χ1v) is 9.10. The van der Waals surface area contributed by atoms with Gasteiger partial charge < -0.3 is 24.7 Å². The fourth-order valence-electron chi connectivity index (χ4n) is 2.87. The lowest BCUT2D eigenvalue weighted by molar-refractivity contribution is -0.161. The molecule has 0 radical (unpaired) electrons. The number of benzene rings is 2. The highest BCUT2D eigenvalue weighted by atomic mass is 35.5. The highest BCUT2D eigenvalue weighted by Gasteiger charge is 2.35. The number of hydrogen-bond donors (Lipinski definition) is 1. The summed E-state index contributed by atoms with van der Waals surface area (Å²) in [6, 6.07) is 18.1. The summed E-state index contributed by atoms with van der Waals surface area (Å²) in [6.07, 6.45) is -1.21. The molecule has 1 heterocycles. The van der Waals surface area contributed by atoms with Crippen LogP contribution in [0.25, 0.3) is 0 Å². The highest BCUT2D eigenvalue weighted by molar-refractivity contribution is 5.85. The number of cyclic esters (lactones) is 1. The third-order valence-corrected chi connectivity index (χ3v) is 4.34. The molecule has 152 valence electrons. The van der Waals surface area contributed by atoms with Crippen molar-refractivity contribution < 1.29 is 23.7 Å². The zero-order valence-corrected chi connectivity index (χ0v) is 16.5. The Morgan fingerprint density at radius 1 is 0.964 bits per heavy atom. The SMILES string of the molecule is C[C@@H]1OC(=O)[C@@H](N)CCOC[C@H](Oc2ccccc2)[C@H]1Oc1ccccc1.Cl. The lowest BCUT2D eigenvalue weighted by Crippen LogP contribution is -2.50. The molecular weight excluding hydrogens is 382 g/mol. The quantitative estimate of drug-likeness (QED) is 0.785. The molecule has 1 saturated heterocycles. The summed E-state index contributed by atoms with van der Waals surface area (Å²) in [5.74, 6) is 0.890. The minimum atomic E-state index is -0.712. The van der Waals surface area contributed by atoms with Crippen molar-refractivity contribution in [2.45, 2.75) is 37.7 Å². The topological polar surface area (TPSA) is 80.0 Å². The van der Waals surface area contributed by atoms with Crippen LogP contribution in [0.1, 0.15) is 13.3 Å². The Bertz CT molecular complexity index is 715. The summed E-state index contributed by atoms with van der Waals surface area (Å²) in [7, 11) is 0. The summed E-state index contributed by atoms with van der Waals surface area (Å²) in [5, 5.41) is 0. The van der Waals surface area contributed by atoms with Crippen LogP contribution < -0.4 is 15.2 Å². The largest absolute Gasteiger partial charge is 0.484 e. The molecule has 7 heteroatoms. The number of ether oxygens (including phenoxy) is 4. The van der Waals surface area contributed by atoms with Gasteiger partial charge in [0.2, 0.25) is 0 Å². The first-order valence-electron chi connectivity index (χ1n) is 9.10. The van der Waals surface area contributed by atoms with Gasteiger partial charge in [0.1, 0.15) is 23.6 Å². The monoisotopic (exact) mass is 407 g/mol. The molecule has 4 atom stereocenters. The van der Waals surface area contributed by atoms with Gasteiger partial charge in [-0.25, -0.2) is 0 Å². The van der Waals surface area contributed by atoms with Gasteiger partial charge in [-0.2, -0.15) is 0 Å². The Hall–Kier alpha value is -2.28. The van der Waals surface area contributed by atoms with Crippen LogP contribution in [0.3, 0.4) is 0 Å². The number of carbonyl (C=O) groups excluding carboxylic acids is 1. The van der Waals surface area contributed by atoms with Crippen LogP contribution in [0.5, 0.6) is 11.5 Å². The third-order valence-electron chi connectivity index (χ3n) is 4.34. The molecular formula is C21H26ClNO5. The molecule has 2 N–H and O–H groups in total. The van der Waals surface area contributed by atoms with Crippen molar-refractivity contribution in [3.8, 4) is 11.5 Å². The van der Waals surface area contributed by atoms with Gasteiger partial charge in [-0.05, 0) is 37.6 Å². The molecule has 0 aromatic heterocycles. The Morgan fingerprint density at radius 3 is 2.14 bits per heavy atom. The molecule has 0 unspecified atom stereocenters. The number of para-hydroxylation sites is 2. The first-order chi connectivity index (χ1) is 13.1. The molecule has 0 saturated carbocycles. The van der Waals surface area contributed by atoms with Crippen molar-refractivity contribution in [1.82, 2.24) is 0 Å². The number of halogens is 1. The van der Waals surface area contributed by atoms with Crippen LogP contribution in [0.15, 0.2) is 60.7 Å². The van der Waals surface area contributed by atoms with Gasteiger partial charge in [-0.15, -0.1) is 12.4 Å². The number of hydrogen-bond acceptors (Lipinski definition) is 6. The maximum atomic E-state index is 12.2. The summed E-state index contributed by atoms with van der Waals surface area (Å²) in [6.45, 7) is 2.42. The van der Waals surface area contributed by atoms with Gasteiger partial charge in [0.25, 0.3) is 0 Å². The van der Waals surface area contributed by atoms with E-state index in [4.69, 9.17) is 24.7 Å². The van der Waals surface area contributed by atoms with Gasteiger partial charge in [-0.3, -0.25) is 4.79 Å². The van der Waals surface area contributed by atoms with Gasteiger partial charge >= 0.3 is 5.97 Å². The average Bonchev–Trinajstić information content (AvgIpc) is 2.69. The Kier molecular flexibility index (Phi) is 8.57. The normalized spacial score (nSPS) is 25.7. The zero-order chi connectivity index (χ0) is 19.1. The molecule has 1 aliphatic heterocycles. The van der Waals surface area contributed by atoms with Crippen molar-refractivity contribution in [1.29, 1.82) is 0 Å². The molecule has 3 rings (SSSR count). The smallest absolute Gasteiger partial charge is 0.323 e. The van der Waals surface area contributed by atoms with E-state index in [1.807, 2.05) is 60.7 Å². The predicted octanol–water partition coefficient (Wildman–Crippen LogP) is 2.98. The van der Waals surface area contributed by atoms with Gasteiger partial charge in [0.05, 0.1) is 6.61 Å². The van der Waals surface area contributed by atoms with E-state index in [0.717, 1.165) is 0 Å². The maximum absolute atomic E-state index is 12.2. The third kappa shape index (κ3) is 6.12. The molecule has 2 aromatic carbocycles. The summed E-state index contributed by atoms with van der Waals surface area (Å²) in [5.41, 5.74) is 5.86. The van der Waals surface area contributed by atoms with Crippen LogP contribution in [0.4, 0.5) is 0 Å². The highest BCUT2D eigenvalue weighted by Crippen LogP contribution is 2.22. The second-order valence-corrected chi connectivity index (χ2v) is 6.48. The lowest BCUT2D eigenvalue weighted by Gasteiger charge is -2.33. The fourth-order valence-corrected chi connectivity index (χ4v) is 2.87. The minimum Gasteiger partial charge on any atom is -0.484 e. The Labute approximate surface area is 171 Å². The molecule has 1 fully saturated rings. The fraction of sp³-hybridized carbons (Fsp3) is 0.381. The van der Waals surface area contributed by atoms with Gasteiger partial charge in [-0.1, -0.05) is 36.4 Å². The summed E-state index contributed by atoms with van der Waals surface area (Å²) in [4.78, 5) is 12.2. The predicted molar refractivity (Wildman–Crippen MR) is 108 cm³/mol. The maximum Gasteiger partial charge on any atom is 0.323 e. The molecule has 1 aliphatic rings. The van der Waals surface area contributed by atoms with Crippen LogP contribution in [-0.2, 0) is 14.3 Å². The van der Waals surface area contributed by atoms with Crippen LogP contribution >= 0.6 is 12.4 Å². The molecule has 0 aliphatic carbocycles. The van der Waals surface area contributed by atoms with Crippen molar-refractivity contribution in [2.75, 3.05) is 13.2 Å². The van der Waals surface area contributed by atoms with Crippen molar-refractivity contribution in [2.24, 2.45) is 5.73 Å². The van der Waals surface area contributed by atoms with Crippen molar-refractivity contribution in [3.05, 3.63) is 60.7 Å². The molecule has 2 aromatic rings. The molecule has 0 bridgehead atoms. The van der Waals surface area contributed by atoms with Crippen molar-refractivity contribution >= 4 is 18.4 Å². The first kappa shape index (κ1) is 22.0. The molecule has 0 spiro atoms. The second-order valence-electron chi connectivity index (χ2n) is 6.48. The van der Waals surface area contributed by atoms with Crippen molar-refractivity contribution in [3.63, 3.8) is 0 Å². The Balaban J connectivity index is 0.00000280. The Morgan fingerprint density at radius 2 is 1.54 bits per heavy atom. The van der Waals surface area contributed by atoms with Gasteiger partial charge in [0.15, 0.2) is 12.2 Å². The van der Waals surface area contributed by atoms with E-state index in [0.29, 0.717) is 31.1 Å². The molecule has 6 nitrogen and oxygen atoms in total. The van der Waals surface area contributed by atoms with Crippen LogP contribution in [0.2, 0.25) is 0 Å². The molecule has 0 amide bonds. The average molecular weight is 408 g/mol. The minimum absolute atomic E-state index is 0.